The molecule has 2 rings (SSSR count). The third kappa shape index (κ3) is 6.79. The quantitative estimate of drug-likeness (QED) is 0.581. The summed E-state index contributed by atoms with van der Waals surface area (Å²) in [5, 5.41) is 0. The van der Waals surface area contributed by atoms with Crippen molar-refractivity contribution in [1.29, 1.82) is 0 Å². The van der Waals surface area contributed by atoms with Gasteiger partial charge >= 0.3 is 0 Å². The first-order valence-electron chi connectivity index (χ1n) is 6.04. The van der Waals surface area contributed by atoms with E-state index in [2.05, 4.69) is 6.92 Å². The first-order chi connectivity index (χ1) is 9.36. The smallest absolute Gasteiger partial charge is 0.142 e. The highest BCUT2D eigenvalue weighted by Crippen LogP contribution is 1.99. The molecule has 0 bridgehead atoms. The molecule has 0 saturated heterocycles. The number of carbonyl (C=O) groups is 1. The predicted octanol–water partition coefficient (Wildman–Crippen LogP) is 4.43. The molecule has 1 heteroatoms. The SMILES string of the molecule is O=C/C=C/c1ccccc1.[CH2]/C=C/c1ccccc1. The Bertz CT molecular complexity index is 510. The van der Waals surface area contributed by atoms with Gasteiger partial charge in [-0.15, -0.1) is 0 Å². The predicted molar refractivity (Wildman–Crippen MR) is 82.4 cm³/mol. The van der Waals surface area contributed by atoms with Crippen LogP contribution in [0.25, 0.3) is 12.2 Å². The fourth-order valence-corrected chi connectivity index (χ4v) is 1.41. The Morgan fingerprint density at radius 2 is 1.21 bits per heavy atom. The number of benzene rings is 2. The van der Waals surface area contributed by atoms with Gasteiger partial charge in [0, 0.05) is 0 Å². The standard InChI is InChI=1S/C9H8O.C9H9/c10-8-4-7-9-5-2-1-3-6-9;1-2-6-9-7-4-3-5-8-9/h1-8H;2-8H,1H2/b7-4+;6-2+. The number of allylic oxidation sites excluding steroid dienone is 2. The normalized spacial score (nSPS) is 10.2. The van der Waals surface area contributed by atoms with E-state index in [0.29, 0.717) is 0 Å². The maximum Gasteiger partial charge on any atom is 0.142 e. The fourth-order valence-electron chi connectivity index (χ4n) is 1.41. The zero-order valence-electron chi connectivity index (χ0n) is 10.8. The molecule has 0 aliphatic carbocycles. The topological polar surface area (TPSA) is 17.1 Å². The summed E-state index contributed by atoms with van der Waals surface area (Å²) in [5.74, 6) is 0. The molecule has 0 fully saturated rings. The van der Waals surface area contributed by atoms with Gasteiger partial charge in [-0.05, 0) is 24.1 Å². The van der Waals surface area contributed by atoms with Gasteiger partial charge in [-0.1, -0.05) is 78.9 Å². The van der Waals surface area contributed by atoms with E-state index >= 15 is 0 Å². The average Bonchev–Trinajstić information content (AvgIpc) is 2.48. The van der Waals surface area contributed by atoms with E-state index in [4.69, 9.17) is 0 Å². The van der Waals surface area contributed by atoms with Crippen LogP contribution in [-0.2, 0) is 4.79 Å². The average molecular weight is 249 g/mol. The van der Waals surface area contributed by atoms with Crippen LogP contribution in [0.5, 0.6) is 0 Å². The summed E-state index contributed by atoms with van der Waals surface area (Å²) in [6.45, 7) is 3.60. The number of hydrogen-bond donors (Lipinski definition) is 0. The molecule has 1 nitrogen and oxygen atoms in total. The molecule has 0 saturated carbocycles. The van der Waals surface area contributed by atoms with E-state index in [-0.39, 0.29) is 0 Å². The van der Waals surface area contributed by atoms with Crippen LogP contribution in [0.2, 0.25) is 0 Å². The van der Waals surface area contributed by atoms with Crippen molar-refractivity contribution in [3.8, 4) is 0 Å². The van der Waals surface area contributed by atoms with Crippen LogP contribution in [0.3, 0.4) is 0 Å². The molecule has 1 radical (unpaired) electrons. The minimum absolute atomic E-state index is 0.771. The molecule has 19 heavy (non-hydrogen) atoms. The van der Waals surface area contributed by atoms with Gasteiger partial charge in [-0.25, -0.2) is 0 Å². The van der Waals surface area contributed by atoms with Crippen LogP contribution in [0.1, 0.15) is 11.1 Å². The van der Waals surface area contributed by atoms with E-state index < -0.39 is 0 Å². The molecule has 2 aromatic carbocycles. The number of rotatable bonds is 3. The minimum atomic E-state index is 0.771. The lowest BCUT2D eigenvalue weighted by Crippen LogP contribution is -1.67. The van der Waals surface area contributed by atoms with E-state index in [0.717, 1.165) is 11.8 Å². The van der Waals surface area contributed by atoms with Crippen molar-refractivity contribution in [2.24, 2.45) is 0 Å². The summed E-state index contributed by atoms with van der Waals surface area (Å²) in [7, 11) is 0. The van der Waals surface area contributed by atoms with Gasteiger partial charge in [0.2, 0.25) is 0 Å². The third-order valence-corrected chi connectivity index (χ3v) is 2.28. The second-order valence-corrected chi connectivity index (χ2v) is 3.72. The lowest BCUT2D eigenvalue weighted by molar-refractivity contribution is -0.104. The van der Waals surface area contributed by atoms with E-state index in [1.807, 2.05) is 66.7 Å². The monoisotopic (exact) mass is 249 g/mol. The van der Waals surface area contributed by atoms with Gasteiger partial charge < -0.3 is 0 Å². The molecule has 0 heterocycles. The maximum absolute atomic E-state index is 9.89. The molecule has 0 unspecified atom stereocenters. The summed E-state index contributed by atoms with van der Waals surface area (Å²) in [4.78, 5) is 9.89. The molecule has 0 aromatic heterocycles. The second-order valence-electron chi connectivity index (χ2n) is 3.72. The van der Waals surface area contributed by atoms with Crippen molar-refractivity contribution in [2.45, 2.75) is 0 Å². The van der Waals surface area contributed by atoms with Crippen LogP contribution in [0.15, 0.2) is 72.8 Å². The van der Waals surface area contributed by atoms with Crippen LogP contribution in [-0.4, -0.2) is 6.29 Å². The molecule has 0 aliphatic heterocycles. The van der Waals surface area contributed by atoms with Crippen LogP contribution in [0, 0.1) is 6.92 Å². The van der Waals surface area contributed by atoms with Crippen molar-refractivity contribution in [3.05, 3.63) is 90.9 Å². The van der Waals surface area contributed by atoms with Crippen molar-refractivity contribution < 1.29 is 4.79 Å². The van der Waals surface area contributed by atoms with Gasteiger partial charge in [0.1, 0.15) is 6.29 Å². The molecule has 95 valence electrons. The van der Waals surface area contributed by atoms with Crippen LogP contribution < -0.4 is 0 Å². The molecule has 0 spiro atoms. The van der Waals surface area contributed by atoms with Crippen molar-refractivity contribution in [2.75, 3.05) is 0 Å². The van der Waals surface area contributed by atoms with Gasteiger partial charge in [-0.2, -0.15) is 0 Å². The van der Waals surface area contributed by atoms with Crippen molar-refractivity contribution in [3.63, 3.8) is 0 Å². The fraction of sp³-hybridized carbons (Fsp3) is 0. The Balaban J connectivity index is 0.000000191. The number of carbonyl (C=O) groups excluding carboxylic acids is 1. The summed E-state index contributed by atoms with van der Waals surface area (Å²) >= 11 is 0. The van der Waals surface area contributed by atoms with Gasteiger partial charge in [0.15, 0.2) is 0 Å². The Morgan fingerprint density at radius 3 is 1.63 bits per heavy atom. The van der Waals surface area contributed by atoms with Crippen molar-refractivity contribution >= 4 is 18.4 Å². The van der Waals surface area contributed by atoms with Gasteiger partial charge in [0.25, 0.3) is 0 Å². The van der Waals surface area contributed by atoms with E-state index in [1.165, 1.54) is 11.6 Å². The molecular formula is C18H17O. The maximum atomic E-state index is 9.89. The minimum Gasteiger partial charge on any atom is -0.299 e. The summed E-state index contributed by atoms with van der Waals surface area (Å²) in [6, 6.07) is 19.8. The summed E-state index contributed by atoms with van der Waals surface area (Å²) < 4.78 is 0. The Labute approximate surface area is 114 Å². The lowest BCUT2D eigenvalue weighted by atomic mass is 10.2. The second kappa shape index (κ2) is 9.60. The van der Waals surface area contributed by atoms with Crippen LogP contribution in [0.4, 0.5) is 0 Å². The van der Waals surface area contributed by atoms with E-state index in [9.17, 15) is 4.79 Å². The highest BCUT2D eigenvalue weighted by molar-refractivity contribution is 5.73. The van der Waals surface area contributed by atoms with Gasteiger partial charge in [-0.3, -0.25) is 4.79 Å². The van der Waals surface area contributed by atoms with Crippen LogP contribution >= 0.6 is 0 Å². The molecule has 2 aromatic rings. The Morgan fingerprint density at radius 1 is 0.737 bits per heavy atom. The highest BCUT2D eigenvalue weighted by atomic mass is 16.1. The lowest BCUT2D eigenvalue weighted by Gasteiger charge is -1.86. The zero-order valence-corrected chi connectivity index (χ0v) is 10.8. The van der Waals surface area contributed by atoms with Gasteiger partial charge in [0.05, 0.1) is 0 Å². The Kier molecular flexibility index (Phi) is 7.40. The molecule has 0 amide bonds. The Hall–Kier alpha value is -2.41. The third-order valence-electron chi connectivity index (χ3n) is 2.28. The van der Waals surface area contributed by atoms with E-state index in [1.54, 1.807) is 12.2 Å². The number of aldehydes is 1. The molecular weight excluding hydrogens is 232 g/mol. The van der Waals surface area contributed by atoms with Crippen molar-refractivity contribution in [1.82, 2.24) is 0 Å². The first kappa shape index (κ1) is 14.7. The zero-order chi connectivity index (χ0) is 13.8. The molecule has 0 N–H and O–H groups in total. The number of hydrogen-bond acceptors (Lipinski definition) is 1. The highest BCUT2D eigenvalue weighted by Gasteiger charge is 1.79. The largest absolute Gasteiger partial charge is 0.299 e. The summed E-state index contributed by atoms with van der Waals surface area (Å²) in [5.41, 5.74) is 2.25. The molecule has 0 aliphatic rings. The first-order valence-corrected chi connectivity index (χ1v) is 6.04. The molecule has 0 atom stereocenters. The summed E-state index contributed by atoms with van der Waals surface area (Å²) in [6.07, 6.45) is 7.78.